The van der Waals surface area contributed by atoms with E-state index in [1.54, 1.807) is 6.08 Å². The van der Waals surface area contributed by atoms with Crippen LogP contribution >= 0.6 is 0 Å². The number of carbonyl (C=O) groups excluding carboxylic acids is 2. The van der Waals surface area contributed by atoms with Crippen LogP contribution in [0.25, 0.3) is 0 Å². The second-order valence-electron chi connectivity index (χ2n) is 12.5. The lowest BCUT2D eigenvalue weighted by atomic mass is 9.48. The van der Waals surface area contributed by atoms with Crippen molar-refractivity contribution in [2.24, 2.45) is 34.5 Å². The summed E-state index contributed by atoms with van der Waals surface area (Å²) in [6.07, 6.45) is 10.6. The van der Waals surface area contributed by atoms with Crippen molar-refractivity contribution in [3.63, 3.8) is 0 Å². The summed E-state index contributed by atoms with van der Waals surface area (Å²) in [4.78, 5) is 25.8. The average Bonchev–Trinajstić information content (AvgIpc) is 3.28. The van der Waals surface area contributed by atoms with Gasteiger partial charge in [-0.15, -0.1) is 0 Å². The second-order valence-corrected chi connectivity index (χ2v) is 12.5. The maximum absolute atomic E-state index is 13.8. The largest absolute Gasteiger partial charge is 0.355 e. The smallest absolute Gasteiger partial charge is 0.243 e. The highest BCUT2D eigenvalue weighted by Gasteiger charge is 2.60. The standard InChI is InChI=1S/C33H40N2O2/c1-32-19-17-27-24(13-16-29-33(27,2)20-18-30(36)35-29)26(32)14-15-28(32)31(37)34-21-25(22-9-5-3-6-10-22)23-11-7-4-8-12-23/h3-12,18,20,24-29H,13-17,19,21H2,1-2H3,(H,34,37)(H,35,36)/t24-,26-,27+,28?,29?,32-,33+/m0/s1. The molecule has 0 spiro atoms. The van der Waals surface area contributed by atoms with Gasteiger partial charge in [-0.1, -0.05) is 80.6 Å². The number of fused-ring (bicyclic) bond motifs is 5. The predicted molar refractivity (Wildman–Crippen MR) is 147 cm³/mol. The molecule has 0 saturated heterocycles. The van der Waals surface area contributed by atoms with Crippen LogP contribution in [0, 0.1) is 34.5 Å². The summed E-state index contributed by atoms with van der Waals surface area (Å²) in [5.41, 5.74) is 2.58. The van der Waals surface area contributed by atoms with Crippen LogP contribution in [0.2, 0.25) is 0 Å². The van der Waals surface area contributed by atoms with Crippen LogP contribution in [-0.2, 0) is 9.59 Å². The SMILES string of the molecule is C[C@]12C=CC(=O)NC1CC[C@@H]1[C@H]2CC[C@]2(C)C(C(=O)NCC(c3ccccc3)c3ccccc3)CC[C@@H]12. The minimum Gasteiger partial charge on any atom is -0.355 e. The summed E-state index contributed by atoms with van der Waals surface area (Å²) < 4.78 is 0. The number of amides is 2. The van der Waals surface area contributed by atoms with Crippen LogP contribution in [0.3, 0.4) is 0 Å². The maximum atomic E-state index is 13.8. The van der Waals surface area contributed by atoms with E-state index in [1.807, 2.05) is 12.1 Å². The van der Waals surface area contributed by atoms with E-state index in [2.05, 4.69) is 79.1 Å². The fraction of sp³-hybridized carbons (Fsp3) is 0.515. The summed E-state index contributed by atoms with van der Waals surface area (Å²) in [6.45, 7) is 5.39. The summed E-state index contributed by atoms with van der Waals surface area (Å²) in [5.74, 6) is 2.34. The summed E-state index contributed by atoms with van der Waals surface area (Å²) in [7, 11) is 0. The molecule has 1 heterocycles. The highest BCUT2D eigenvalue weighted by molar-refractivity contribution is 5.89. The third kappa shape index (κ3) is 4.13. The maximum Gasteiger partial charge on any atom is 0.243 e. The highest BCUT2D eigenvalue weighted by atomic mass is 16.2. The number of nitrogens with one attached hydrogen (secondary N) is 2. The van der Waals surface area contributed by atoms with E-state index in [1.165, 1.54) is 11.1 Å². The minimum absolute atomic E-state index is 0.0388. The number of hydrogen-bond donors (Lipinski definition) is 2. The monoisotopic (exact) mass is 496 g/mol. The second kappa shape index (κ2) is 9.45. The van der Waals surface area contributed by atoms with Gasteiger partial charge in [0.2, 0.25) is 11.8 Å². The zero-order chi connectivity index (χ0) is 25.6. The fourth-order valence-corrected chi connectivity index (χ4v) is 8.89. The Labute approximate surface area is 221 Å². The zero-order valence-electron chi connectivity index (χ0n) is 22.2. The van der Waals surface area contributed by atoms with Gasteiger partial charge in [0.05, 0.1) is 0 Å². The van der Waals surface area contributed by atoms with E-state index in [0.717, 1.165) is 38.5 Å². The van der Waals surface area contributed by atoms with E-state index in [0.29, 0.717) is 24.3 Å². The molecule has 2 amide bonds. The lowest BCUT2D eigenvalue weighted by Gasteiger charge is -2.58. The van der Waals surface area contributed by atoms with Crippen molar-refractivity contribution in [3.05, 3.63) is 83.9 Å². The van der Waals surface area contributed by atoms with E-state index in [4.69, 9.17) is 0 Å². The molecule has 0 radical (unpaired) electrons. The van der Waals surface area contributed by atoms with Crippen molar-refractivity contribution in [1.82, 2.24) is 10.6 Å². The van der Waals surface area contributed by atoms with Crippen LogP contribution < -0.4 is 10.6 Å². The normalized spacial score (nSPS) is 36.3. The molecule has 3 saturated carbocycles. The molecular weight excluding hydrogens is 456 g/mol. The van der Waals surface area contributed by atoms with E-state index >= 15 is 0 Å². The van der Waals surface area contributed by atoms with Gasteiger partial charge in [0.1, 0.15) is 0 Å². The lowest BCUT2D eigenvalue weighted by molar-refractivity contribution is -0.134. The Hall–Kier alpha value is -2.88. The third-order valence-electron chi connectivity index (χ3n) is 10.9. The topological polar surface area (TPSA) is 58.2 Å². The Balaban J connectivity index is 1.18. The first kappa shape index (κ1) is 24.5. The van der Waals surface area contributed by atoms with Crippen LogP contribution in [-0.4, -0.2) is 24.4 Å². The summed E-state index contributed by atoms with van der Waals surface area (Å²) >= 11 is 0. The first-order valence-corrected chi connectivity index (χ1v) is 14.3. The van der Waals surface area contributed by atoms with Gasteiger partial charge in [-0.05, 0) is 78.9 Å². The Kier molecular flexibility index (Phi) is 6.25. The Morgan fingerprint density at radius 3 is 2.27 bits per heavy atom. The number of benzene rings is 2. The predicted octanol–water partition coefficient (Wildman–Crippen LogP) is 5.85. The third-order valence-corrected chi connectivity index (χ3v) is 10.9. The van der Waals surface area contributed by atoms with Gasteiger partial charge in [-0.3, -0.25) is 9.59 Å². The summed E-state index contributed by atoms with van der Waals surface area (Å²) in [5, 5.41) is 6.66. The van der Waals surface area contributed by atoms with Crippen molar-refractivity contribution < 1.29 is 9.59 Å². The molecule has 4 aliphatic rings. The number of carbonyl (C=O) groups is 2. The Morgan fingerprint density at radius 2 is 1.59 bits per heavy atom. The molecule has 194 valence electrons. The molecule has 7 atom stereocenters. The van der Waals surface area contributed by atoms with Gasteiger partial charge in [0, 0.05) is 29.8 Å². The van der Waals surface area contributed by atoms with Gasteiger partial charge >= 0.3 is 0 Å². The van der Waals surface area contributed by atoms with Gasteiger partial charge in [-0.2, -0.15) is 0 Å². The van der Waals surface area contributed by atoms with Gasteiger partial charge in [0.25, 0.3) is 0 Å². The van der Waals surface area contributed by atoms with Crippen LogP contribution in [0.1, 0.15) is 69.4 Å². The Morgan fingerprint density at radius 1 is 0.919 bits per heavy atom. The molecule has 4 nitrogen and oxygen atoms in total. The molecule has 3 aliphatic carbocycles. The van der Waals surface area contributed by atoms with E-state index < -0.39 is 0 Å². The van der Waals surface area contributed by atoms with Crippen molar-refractivity contribution >= 4 is 11.8 Å². The van der Waals surface area contributed by atoms with E-state index in [9.17, 15) is 9.59 Å². The number of rotatable bonds is 5. The molecule has 37 heavy (non-hydrogen) atoms. The highest BCUT2D eigenvalue weighted by Crippen LogP contribution is 2.65. The zero-order valence-corrected chi connectivity index (χ0v) is 22.2. The molecular formula is C33H40N2O2. The van der Waals surface area contributed by atoms with Gasteiger partial charge in [-0.25, -0.2) is 0 Å². The molecule has 0 aromatic heterocycles. The van der Waals surface area contributed by atoms with Gasteiger partial charge in [0.15, 0.2) is 0 Å². The molecule has 4 heteroatoms. The average molecular weight is 497 g/mol. The van der Waals surface area contributed by atoms with Crippen molar-refractivity contribution in [2.75, 3.05) is 6.54 Å². The van der Waals surface area contributed by atoms with Crippen molar-refractivity contribution in [3.8, 4) is 0 Å². The molecule has 2 N–H and O–H groups in total. The molecule has 2 unspecified atom stereocenters. The molecule has 3 fully saturated rings. The molecule has 2 aromatic rings. The van der Waals surface area contributed by atoms with Gasteiger partial charge < -0.3 is 10.6 Å². The summed E-state index contributed by atoms with van der Waals surface area (Å²) in [6, 6.07) is 21.3. The Bertz CT molecular complexity index is 1140. The van der Waals surface area contributed by atoms with Crippen LogP contribution in [0.4, 0.5) is 0 Å². The molecule has 2 aromatic carbocycles. The van der Waals surface area contributed by atoms with E-state index in [-0.39, 0.29) is 40.5 Å². The van der Waals surface area contributed by atoms with Crippen LogP contribution in [0.5, 0.6) is 0 Å². The first-order chi connectivity index (χ1) is 17.9. The van der Waals surface area contributed by atoms with Crippen molar-refractivity contribution in [2.45, 2.75) is 64.3 Å². The molecule has 0 bridgehead atoms. The quantitative estimate of drug-likeness (QED) is 0.546. The minimum atomic E-state index is 0.0388. The van der Waals surface area contributed by atoms with Crippen molar-refractivity contribution in [1.29, 1.82) is 0 Å². The number of hydrogen-bond acceptors (Lipinski definition) is 2. The molecule has 1 aliphatic heterocycles. The lowest BCUT2D eigenvalue weighted by Crippen LogP contribution is -2.59. The van der Waals surface area contributed by atoms with Crippen LogP contribution in [0.15, 0.2) is 72.8 Å². The fourth-order valence-electron chi connectivity index (χ4n) is 8.89. The molecule has 6 rings (SSSR count). The first-order valence-electron chi connectivity index (χ1n) is 14.3.